The second-order valence-electron chi connectivity index (χ2n) is 0.515. The summed E-state index contributed by atoms with van der Waals surface area (Å²) in [5.74, 6) is 0. The van der Waals surface area contributed by atoms with Crippen LogP contribution in [0.4, 0.5) is 0 Å². The molecule has 0 aromatic rings. The van der Waals surface area contributed by atoms with Crippen LogP contribution in [0.25, 0.3) is 0 Å². The summed E-state index contributed by atoms with van der Waals surface area (Å²) < 4.78 is 25.2. The first-order valence-electron chi connectivity index (χ1n) is 0.752. The first-order valence-corrected chi connectivity index (χ1v) is 2.25. The molecule has 0 rings (SSSR count). The maximum atomic E-state index is 8.97. The Hall–Kier alpha value is 0.450. The Balaban J connectivity index is -0.0000000800. The van der Waals surface area contributed by atoms with Gasteiger partial charge in [0.05, 0.1) is 0 Å². The maximum absolute atomic E-state index is 8.97. The molecule has 0 radical (unpaired) electrons. The Morgan fingerprint density at radius 2 is 1.29 bits per heavy atom. The van der Waals surface area contributed by atoms with Gasteiger partial charge in [0.15, 0.2) is 0 Å². The molecule has 0 aliphatic carbocycles. The van der Waals surface area contributed by atoms with Gasteiger partial charge in [-0.1, -0.05) is 0 Å². The summed E-state index contributed by atoms with van der Waals surface area (Å²) in [5.41, 5.74) is 0. The molecule has 0 saturated heterocycles. The summed E-state index contributed by atoms with van der Waals surface area (Å²) in [6.45, 7) is 0. The largest absolute Gasteiger partial charge is 0.330 e. The normalized spacial score (nSPS) is 8.29. The minimum atomic E-state index is -4.17. The van der Waals surface area contributed by atoms with Crippen LogP contribution in [0.5, 0.6) is 0 Å². The lowest BCUT2D eigenvalue weighted by molar-refractivity contribution is 0.485. The Bertz CT molecular complexity index is 96.1. The number of hydrogen-bond donors (Lipinski definition) is 2. The van der Waals surface area contributed by atoms with Crippen molar-refractivity contribution in [3.05, 3.63) is 0 Å². The van der Waals surface area contributed by atoms with E-state index in [1.807, 2.05) is 0 Å². The minimum Gasteiger partial charge on any atom is -0.274 e. The summed E-state index contributed by atoms with van der Waals surface area (Å²) >= 11 is 0. The lowest BCUT2D eigenvalue weighted by Gasteiger charge is -1.70. The van der Waals surface area contributed by atoms with Gasteiger partial charge in [0.25, 0.3) is 0 Å². The zero-order chi connectivity index (χ0) is 4.50. The lowest BCUT2D eigenvalue weighted by Crippen LogP contribution is -2.08. The van der Waals surface area contributed by atoms with Crippen LogP contribution < -0.4 is 5.14 Å². The molecule has 7 heavy (non-hydrogen) atoms. The third-order valence-corrected chi connectivity index (χ3v) is 0. The van der Waals surface area contributed by atoms with E-state index < -0.39 is 10.3 Å². The van der Waals surface area contributed by atoms with E-state index in [-0.39, 0.29) is 24.8 Å². The van der Waals surface area contributed by atoms with Crippen molar-refractivity contribution in [3.63, 3.8) is 0 Å². The molecule has 7 heteroatoms. The fraction of sp³-hybridized carbons (Fsp3) is 0. The van der Waals surface area contributed by atoms with E-state index in [1.54, 1.807) is 0 Å². The fourth-order valence-electron chi connectivity index (χ4n) is 0. The van der Waals surface area contributed by atoms with Crippen LogP contribution in [0, 0.1) is 0 Å². The van der Waals surface area contributed by atoms with Gasteiger partial charge >= 0.3 is 10.3 Å². The topological polar surface area (TPSA) is 80.4 Å². The molecule has 0 saturated carbocycles. The second kappa shape index (κ2) is 4.61. The Morgan fingerprint density at radius 1 is 1.29 bits per heavy atom. The molecule has 4 nitrogen and oxygen atoms in total. The van der Waals surface area contributed by atoms with Crippen LogP contribution in [-0.2, 0) is 10.3 Å². The number of hydrogen-bond acceptors (Lipinski definition) is 2. The van der Waals surface area contributed by atoms with E-state index in [4.69, 9.17) is 13.0 Å². The highest BCUT2D eigenvalue weighted by Crippen LogP contribution is 1.50. The van der Waals surface area contributed by atoms with Gasteiger partial charge in [0.1, 0.15) is 0 Å². The van der Waals surface area contributed by atoms with Gasteiger partial charge in [0, 0.05) is 0 Å². The highest BCUT2D eigenvalue weighted by Gasteiger charge is 1.81. The standard InChI is InChI=1S/2ClH.H3NO3S/c;;1-5(2,3)4/h2*1H;(H3,1,2,3,4). The van der Waals surface area contributed by atoms with Gasteiger partial charge in [-0.05, 0) is 0 Å². The summed E-state index contributed by atoms with van der Waals surface area (Å²) in [7, 11) is -4.17. The van der Waals surface area contributed by atoms with Gasteiger partial charge in [0.2, 0.25) is 0 Å². The summed E-state index contributed by atoms with van der Waals surface area (Å²) in [5, 5.41) is 3.88. The van der Waals surface area contributed by atoms with Crippen molar-refractivity contribution < 1.29 is 13.0 Å². The van der Waals surface area contributed by atoms with Crippen molar-refractivity contribution in [1.29, 1.82) is 0 Å². The molecule has 0 spiro atoms. The van der Waals surface area contributed by atoms with E-state index in [0.717, 1.165) is 0 Å². The lowest BCUT2D eigenvalue weighted by atomic mass is 13.9. The predicted octanol–water partition coefficient (Wildman–Crippen LogP) is -0.409. The van der Waals surface area contributed by atoms with Crippen molar-refractivity contribution in [2.45, 2.75) is 0 Å². The first kappa shape index (κ1) is 15.7. The first-order chi connectivity index (χ1) is 2.00. The maximum Gasteiger partial charge on any atom is 0.330 e. The average molecular weight is 170 g/mol. The Morgan fingerprint density at radius 3 is 1.29 bits per heavy atom. The van der Waals surface area contributed by atoms with E-state index in [2.05, 4.69) is 5.14 Å². The van der Waals surface area contributed by atoms with Crippen molar-refractivity contribution >= 4 is 35.1 Å². The van der Waals surface area contributed by atoms with E-state index >= 15 is 0 Å². The number of nitrogens with two attached hydrogens (primary N) is 1. The Labute approximate surface area is 53.8 Å². The van der Waals surface area contributed by atoms with Crippen LogP contribution in [-0.4, -0.2) is 13.0 Å². The van der Waals surface area contributed by atoms with E-state index in [9.17, 15) is 0 Å². The molecule has 0 atom stereocenters. The molecule has 3 N–H and O–H groups in total. The number of rotatable bonds is 0. The molecule has 0 aliphatic heterocycles. The summed E-state index contributed by atoms with van der Waals surface area (Å²) in [4.78, 5) is 0. The zero-order valence-corrected chi connectivity index (χ0v) is 5.52. The second-order valence-corrected chi connectivity index (χ2v) is 1.54. The molecular formula is H5Cl2NO3S. The highest BCUT2D eigenvalue weighted by atomic mass is 35.5. The molecule has 0 aromatic carbocycles. The Kier molecular flexibility index (Phi) is 10.3. The van der Waals surface area contributed by atoms with Crippen LogP contribution in [0.15, 0.2) is 0 Å². The van der Waals surface area contributed by atoms with Gasteiger partial charge < -0.3 is 0 Å². The van der Waals surface area contributed by atoms with E-state index in [1.165, 1.54) is 0 Å². The third-order valence-electron chi connectivity index (χ3n) is 0. The average Bonchev–Trinajstić information content (AvgIpc) is 0.722. The molecular weight excluding hydrogens is 165 g/mol. The van der Waals surface area contributed by atoms with Crippen LogP contribution in [0.1, 0.15) is 0 Å². The van der Waals surface area contributed by atoms with Gasteiger partial charge in [-0.15, -0.1) is 24.8 Å². The molecule has 0 amide bonds. The predicted molar refractivity (Wildman–Crippen MR) is 30.2 cm³/mol. The monoisotopic (exact) mass is 169 g/mol. The van der Waals surface area contributed by atoms with Crippen LogP contribution in [0.3, 0.4) is 0 Å². The fourth-order valence-corrected chi connectivity index (χ4v) is 0. The van der Waals surface area contributed by atoms with Crippen molar-refractivity contribution in [2.24, 2.45) is 5.14 Å². The molecule has 0 heterocycles. The van der Waals surface area contributed by atoms with Crippen LogP contribution >= 0.6 is 24.8 Å². The molecule has 48 valence electrons. The summed E-state index contributed by atoms with van der Waals surface area (Å²) in [6.07, 6.45) is 0. The smallest absolute Gasteiger partial charge is 0.274 e. The van der Waals surface area contributed by atoms with Crippen molar-refractivity contribution in [1.82, 2.24) is 0 Å². The van der Waals surface area contributed by atoms with Crippen LogP contribution in [0.2, 0.25) is 0 Å². The molecule has 0 bridgehead atoms. The van der Waals surface area contributed by atoms with Crippen molar-refractivity contribution in [3.8, 4) is 0 Å². The molecule has 0 unspecified atom stereocenters. The minimum absolute atomic E-state index is 0. The molecule has 0 aliphatic rings. The SMILES string of the molecule is Cl.Cl.NS(=O)(=O)O. The van der Waals surface area contributed by atoms with Crippen molar-refractivity contribution in [2.75, 3.05) is 0 Å². The molecule has 0 fully saturated rings. The highest BCUT2D eigenvalue weighted by molar-refractivity contribution is 7.83. The van der Waals surface area contributed by atoms with Gasteiger partial charge in [-0.25, -0.2) is 5.14 Å². The summed E-state index contributed by atoms with van der Waals surface area (Å²) in [6, 6.07) is 0. The zero-order valence-electron chi connectivity index (χ0n) is 3.07. The quantitative estimate of drug-likeness (QED) is 0.485. The molecule has 0 aromatic heterocycles. The van der Waals surface area contributed by atoms with Gasteiger partial charge in [-0.3, -0.25) is 4.55 Å². The third kappa shape index (κ3) is 631. The van der Waals surface area contributed by atoms with E-state index in [0.29, 0.717) is 0 Å². The number of halogens is 2. The van der Waals surface area contributed by atoms with Gasteiger partial charge in [-0.2, -0.15) is 8.42 Å².